The Morgan fingerprint density at radius 2 is 1.94 bits per heavy atom. The van der Waals surface area contributed by atoms with Crippen LogP contribution in [0.2, 0.25) is 0 Å². The third-order valence-corrected chi connectivity index (χ3v) is 6.45. The second-order valence-electron chi connectivity index (χ2n) is 7.95. The minimum atomic E-state index is -0.558. The number of hydrogen-bond acceptors (Lipinski definition) is 3. The Labute approximate surface area is 203 Å². The number of carbonyl (C=O) groups is 2. The molecule has 5 nitrogen and oxygen atoms in total. The summed E-state index contributed by atoms with van der Waals surface area (Å²) in [5.41, 5.74) is 3.10. The van der Waals surface area contributed by atoms with E-state index in [1.165, 1.54) is 0 Å². The Bertz CT molecular complexity index is 1140. The lowest BCUT2D eigenvalue weighted by atomic mass is 10.0. The third-order valence-electron chi connectivity index (χ3n) is 5.95. The van der Waals surface area contributed by atoms with E-state index in [4.69, 9.17) is 0 Å². The number of likely N-dealkylation sites (N-methyl/N-ethyl adjacent to an activating group) is 1. The molecular formula is C25H27BrClN3O2. The topological polar surface area (TPSA) is 61.4 Å². The molecule has 0 saturated heterocycles. The monoisotopic (exact) mass is 515 g/mol. The molecule has 2 amide bonds. The van der Waals surface area contributed by atoms with E-state index in [1.807, 2.05) is 35.2 Å². The summed E-state index contributed by atoms with van der Waals surface area (Å²) in [6.45, 7) is 2.23. The van der Waals surface area contributed by atoms with Crippen molar-refractivity contribution < 1.29 is 9.59 Å². The number of fused-ring (bicyclic) bond motifs is 2. The van der Waals surface area contributed by atoms with E-state index in [9.17, 15) is 9.59 Å². The van der Waals surface area contributed by atoms with Crippen LogP contribution >= 0.6 is 28.3 Å². The molecule has 0 aromatic heterocycles. The first-order valence-electron chi connectivity index (χ1n) is 10.5. The first-order valence-corrected chi connectivity index (χ1v) is 11.3. The Hall–Kier alpha value is -2.41. The van der Waals surface area contributed by atoms with Crippen molar-refractivity contribution in [2.45, 2.75) is 38.4 Å². The second kappa shape index (κ2) is 10.5. The summed E-state index contributed by atoms with van der Waals surface area (Å²) < 4.78 is 1.00. The van der Waals surface area contributed by atoms with Crippen LogP contribution in [0.5, 0.6) is 0 Å². The summed E-state index contributed by atoms with van der Waals surface area (Å²) in [6, 6.07) is 19.4. The number of benzene rings is 3. The number of amides is 2. The zero-order valence-corrected chi connectivity index (χ0v) is 20.5. The number of nitrogens with one attached hydrogen (secondary N) is 2. The third kappa shape index (κ3) is 4.98. The van der Waals surface area contributed by atoms with Crippen molar-refractivity contribution in [2.24, 2.45) is 0 Å². The molecule has 3 aromatic rings. The highest BCUT2D eigenvalue weighted by molar-refractivity contribution is 9.10. The predicted molar refractivity (Wildman–Crippen MR) is 135 cm³/mol. The van der Waals surface area contributed by atoms with Gasteiger partial charge in [-0.25, -0.2) is 0 Å². The average molecular weight is 517 g/mol. The van der Waals surface area contributed by atoms with Gasteiger partial charge in [0.15, 0.2) is 0 Å². The summed E-state index contributed by atoms with van der Waals surface area (Å²) >= 11 is 3.56. The van der Waals surface area contributed by atoms with E-state index in [1.54, 1.807) is 14.0 Å². The van der Waals surface area contributed by atoms with Gasteiger partial charge < -0.3 is 15.5 Å². The van der Waals surface area contributed by atoms with Gasteiger partial charge in [-0.3, -0.25) is 9.59 Å². The predicted octanol–water partition coefficient (Wildman–Crippen LogP) is 4.60. The van der Waals surface area contributed by atoms with Gasteiger partial charge in [-0.2, -0.15) is 0 Å². The highest BCUT2D eigenvalue weighted by Crippen LogP contribution is 2.31. The molecule has 2 N–H and O–H groups in total. The number of nitrogens with zero attached hydrogens (tertiary/aromatic N) is 1. The van der Waals surface area contributed by atoms with Crippen molar-refractivity contribution in [1.29, 1.82) is 0 Å². The second-order valence-corrected chi connectivity index (χ2v) is 8.86. The van der Waals surface area contributed by atoms with E-state index >= 15 is 0 Å². The molecule has 0 bridgehead atoms. The quantitative estimate of drug-likeness (QED) is 0.521. The molecule has 4 rings (SSSR count). The summed E-state index contributed by atoms with van der Waals surface area (Å²) in [4.78, 5) is 28.0. The van der Waals surface area contributed by atoms with Crippen LogP contribution in [-0.4, -0.2) is 30.9 Å². The van der Waals surface area contributed by atoms with Gasteiger partial charge in [-0.1, -0.05) is 58.4 Å². The zero-order valence-electron chi connectivity index (χ0n) is 18.1. The molecule has 1 aliphatic rings. The van der Waals surface area contributed by atoms with Gasteiger partial charge in [-0.15, -0.1) is 12.4 Å². The van der Waals surface area contributed by atoms with Crippen LogP contribution in [0, 0.1) is 0 Å². The maximum absolute atomic E-state index is 13.6. The van der Waals surface area contributed by atoms with Crippen LogP contribution in [0.4, 0.5) is 5.69 Å². The summed E-state index contributed by atoms with van der Waals surface area (Å²) in [7, 11) is 1.74. The van der Waals surface area contributed by atoms with Crippen molar-refractivity contribution in [1.82, 2.24) is 10.6 Å². The molecule has 0 unspecified atom stereocenters. The van der Waals surface area contributed by atoms with Crippen molar-refractivity contribution >= 4 is 56.6 Å². The first-order chi connectivity index (χ1) is 15.0. The Kier molecular flexibility index (Phi) is 7.93. The smallest absolute Gasteiger partial charge is 0.249 e. The highest BCUT2D eigenvalue weighted by atomic mass is 79.9. The maximum atomic E-state index is 13.6. The van der Waals surface area contributed by atoms with Crippen molar-refractivity contribution in [2.75, 3.05) is 11.9 Å². The molecule has 0 spiro atoms. The van der Waals surface area contributed by atoms with Crippen LogP contribution in [-0.2, 0) is 22.6 Å². The molecule has 2 atom stereocenters. The molecule has 1 heterocycles. The molecule has 168 valence electrons. The van der Waals surface area contributed by atoms with Crippen LogP contribution in [0.3, 0.4) is 0 Å². The normalized spacial score (nSPS) is 16.7. The van der Waals surface area contributed by atoms with Crippen molar-refractivity contribution in [3.63, 3.8) is 0 Å². The van der Waals surface area contributed by atoms with Gasteiger partial charge in [0.25, 0.3) is 0 Å². The van der Waals surface area contributed by atoms with E-state index in [2.05, 4.69) is 56.9 Å². The van der Waals surface area contributed by atoms with Crippen LogP contribution in [0.15, 0.2) is 65.1 Å². The van der Waals surface area contributed by atoms with Crippen molar-refractivity contribution in [3.05, 3.63) is 76.3 Å². The van der Waals surface area contributed by atoms with E-state index in [-0.39, 0.29) is 30.3 Å². The van der Waals surface area contributed by atoms with Crippen LogP contribution in [0.25, 0.3) is 10.8 Å². The molecule has 0 aliphatic carbocycles. The largest absolute Gasteiger partial charge is 0.343 e. The maximum Gasteiger partial charge on any atom is 0.249 e. The van der Waals surface area contributed by atoms with Gasteiger partial charge in [0, 0.05) is 10.2 Å². The van der Waals surface area contributed by atoms with Gasteiger partial charge in [0.05, 0.1) is 12.6 Å². The fourth-order valence-corrected chi connectivity index (χ4v) is 4.42. The molecule has 3 aromatic carbocycles. The van der Waals surface area contributed by atoms with Gasteiger partial charge >= 0.3 is 0 Å². The number of aryl methyl sites for hydroxylation is 1. The molecule has 0 radical (unpaired) electrons. The van der Waals surface area contributed by atoms with Gasteiger partial charge in [0.1, 0.15) is 6.04 Å². The zero-order chi connectivity index (χ0) is 22.0. The van der Waals surface area contributed by atoms with Gasteiger partial charge in [0.2, 0.25) is 11.8 Å². The molecule has 7 heteroatoms. The molecule has 0 saturated carbocycles. The fraction of sp³-hybridized carbons (Fsp3) is 0.280. The summed E-state index contributed by atoms with van der Waals surface area (Å²) in [5, 5.41) is 8.13. The lowest BCUT2D eigenvalue weighted by Crippen LogP contribution is -2.52. The molecular weight excluding hydrogens is 490 g/mol. The minimum absolute atomic E-state index is 0. The van der Waals surface area contributed by atoms with E-state index in [0.717, 1.165) is 38.5 Å². The minimum Gasteiger partial charge on any atom is -0.343 e. The number of para-hydroxylation sites is 1. The molecule has 32 heavy (non-hydrogen) atoms. The number of hydrogen-bond donors (Lipinski definition) is 2. The SMILES string of the molecule is CN[C@@H](C)C(=O)N[C@H]1CCc2ccccc2N(Cc2cccc3ccc(Br)cc23)C1=O.Cl. The van der Waals surface area contributed by atoms with Crippen LogP contribution < -0.4 is 15.5 Å². The first kappa shape index (κ1) is 24.2. The fourth-order valence-electron chi connectivity index (χ4n) is 4.06. The Morgan fingerprint density at radius 3 is 2.72 bits per heavy atom. The Morgan fingerprint density at radius 1 is 1.16 bits per heavy atom. The standard InChI is InChI=1S/C25H26BrN3O2.ClH/c1-16(27-2)24(30)28-22-13-11-18-6-3-4-9-23(18)29(25(22)31)15-19-8-5-7-17-10-12-20(26)14-21(17)19;/h3-10,12,14,16,22,27H,11,13,15H2,1-2H3,(H,28,30);1H/t16-,22-;/m0./s1. The number of anilines is 1. The number of halogens is 2. The lowest BCUT2D eigenvalue weighted by Gasteiger charge is -2.27. The number of rotatable bonds is 5. The highest BCUT2D eigenvalue weighted by Gasteiger charge is 2.32. The van der Waals surface area contributed by atoms with Gasteiger partial charge in [-0.05, 0) is 66.9 Å². The van der Waals surface area contributed by atoms with E-state index in [0.29, 0.717) is 13.0 Å². The van der Waals surface area contributed by atoms with E-state index < -0.39 is 6.04 Å². The molecule has 1 aliphatic heterocycles. The summed E-state index contributed by atoms with van der Waals surface area (Å²) in [5.74, 6) is -0.241. The molecule has 0 fully saturated rings. The average Bonchev–Trinajstić information content (AvgIpc) is 2.91. The van der Waals surface area contributed by atoms with Crippen molar-refractivity contribution in [3.8, 4) is 0 Å². The Balaban J connectivity index is 0.00000289. The lowest BCUT2D eigenvalue weighted by molar-refractivity contribution is -0.128. The number of carbonyl (C=O) groups excluding carboxylic acids is 2. The summed E-state index contributed by atoms with van der Waals surface area (Å²) in [6.07, 6.45) is 1.31. The van der Waals surface area contributed by atoms with Crippen LogP contribution in [0.1, 0.15) is 24.5 Å².